The van der Waals surface area contributed by atoms with Gasteiger partial charge in [0.2, 0.25) is 0 Å². The summed E-state index contributed by atoms with van der Waals surface area (Å²) >= 11 is 6.12. The van der Waals surface area contributed by atoms with E-state index in [4.69, 9.17) is 16.3 Å². The Labute approximate surface area is 149 Å². The quantitative estimate of drug-likeness (QED) is 0.686. The van der Waals surface area contributed by atoms with Crippen LogP contribution in [-0.2, 0) is 11.3 Å². The number of benzene rings is 1. The van der Waals surface area contributed by atoms with Crippen molar-refractivity contribution >= 4 is 17.6 Å². The largest absolute Gasteiger partial charge is 0.490 e. The van der Waals surface area contributed by atoms with E-state index in [1.807, 2.05) is 32.0 Å². The average molecular weight is 354 g/mol. The van der Waals surface area contributed by atoms with Crippen molar-refractivity contribution in [1.82, 2.24) is 5.32 Å². The van der Waals surface area contributed by atoms with Gasteiger partial charge in [0, 0.05) is 23.7 Å². The standard InChI is InChI=1S/C19H28ClNO3/c1-13(2)9-15(19(22)23)12-21-11-14-10-16(20)7-8-18(14)24-17-5-3-4-6-17/h7-8,10,13,15,17,21H,3-6,9,11-12H2,1-2H3,(H,22,23). The summed E-state index contributed by atoms with van der Waals surface area (Å²) in [5.41, 5.74) is 0.989. The summed E-state index contributed by atoms with van der Waals surface area (Å²) in [6.45, 7) is 5.09. The van der Waals surface area contributed by atoms with Gasteiger partial charge in [0.25, 0.3) is 0 Å². The fourth-order valence-corrected chi connectivity index (χ4v) is 3.40. The van der Waals surface area contributed by atoms with Gasteiger partial charge in [-0.15, -0.1) is 0 Å². The van der Waals surface area contributed by atoms with E-state index in [1.165, 1.54) is 12.8 Å². The number of ether oxygens (including phenoxy) is 1. The number of halogens is 1. The van der Waals surface area contributed by atoms with Gasteiger partial charge in [-0.2, -0.15) is 0 Å². The van der Waals surface area contributed by atoms with Crippen molar-refractivity contribution in [2.45, 2.75) is 58.6 Å². The van der Waals surface area contributed by atoms with Crippen LogP contribution < -0.4 is 10.1 Å². The number of nitrogens with one attached hydrogen (secondary N) is 1. The number of hydrogen-bond acceptors (Lipinski definition) is 3. The predicted octanol–water partition coefficient (Wildman–Crippen LogP) is 4.50. The normalized spacial score (nSPS) is 16.5. The highest BCUT2D eigenvalue weighted by molar-refractivity contribution is 6.30. The van der Waals surface area contributed by atoms with Gasteiger partial charge in [0.05, 0.1) is 12.0 Å². The average Bonchev–Trinajstić information content (AvgIpc) is 3.01. The second-order valence-electron chi connectivity index (χ2n) is 7.07. The Balaban J connectivity index is 1.94. The first kappa shape index (κ1) is 19.1. The zero-order chi connectivity index (χ0) is 17.5. The molecule has 1 aromatic rings. The molecule has 4 nitrogen and oxygen atoms in total. The molecule has 5 heteroatoms. The monoisotopic (exact) mass is 353 g/mol. The minimum absolute atomic E-state index is 0.289. The van der Waals surface area contributed by atoms with E-state index < -0.39 is 5.97 Å². The molecule has 0 saturated heterocycles. The topological polar surface area (TPSA) is 58.6 Å². The van der Waals surface area contributed by atoms with Crippen LogP contribution in [0.25, 0.3) is 0 Å². The Morgan fingerprint density at radius 1 is 1.38 bits per heavy atom. The lowest BCUT2D eigenvalue weighted by Gasteiger charge is -2.19. The highest BCUT2D eigenvalue weighted by Crippen LogP contribution is 2.28. The van der Waals surface area contributed by atoms with E-state index >= 15 is 0 Å². The molecule has 1 aliphatic rings. The van der Waals surface area contributed by atoms with Crippen molar-refractivity contribution < 1.29 is 14.6 Å². The van der Waals surface area contributed by atoms with Crippen molar-refractivity contribution in [1.29, 1.82) is 0 Å². The summed E-state index contributed by atoms with van der Waals surface area (Å²) < 4.78 is 6.12. The summed E-state index contributed by atoms with van der Waals surface area (Å²) in [4.78, 5) is 11.3. The van der Waals surface area contributed by atoms with Crippen LogP contribution in [0, 0.1) is 11.8 Å². The molecule has 1 unspecified atom stereocenters. The number of carbonyl (C=O) groups is 1. The van der Waals surface area contributed by atoms with Gasteiger partial charge >= 0.3 is 5.97 Å². The van der Waals surface area contributed by atoms with E-state index in [0.29, 0.717) is 30.5 Å². The molecule has 1 atom stereocenters. The Morgan fingerprint density at radius 3 is 2.71 bits per heavy atom. The van der Waals surface area contributed by atoms with Crippen molar-refractivity contribution in [2.75, 3.05) is 6.54 Å². The molecule has 2 rings (SSSR count). The summed E-state index contributed by atoms with van der Waals surface area (Å²) in [6, 6.07) is 5.66. The zero-order valence-electron chi connectivity index (χ0n) is 14.6. The summed E-state index contributed by atoms with van der Waals surface area (Å²) in [5, 5.41) is 13.3. The molecule has 2 N–H and O–H groups in total. The van der Waals surface area contributed by atoms with Gasteiger partial charge in [-0.25, -0.2) is 0 Å². The molecule has 1 fully saturated rings. The minimum atomic E-state index is -0.746. The molecule has 134 valence electrons. The lowest BCUT2D eigenvalue weighted by Crippen LogP contribution is -2.29. The maximum Gasteiger partial charge on any atom is 0.307 e. The van der Waals surface area contributed by atoms with E-state index in [0.717, 1.165) is 24.2 Å². The van der Waals surface area contributed by atoms with Crippen molar-refractivity contribution in [3.63, 3.8) is 0 Å². The second kappa shape index (κ2) is 9.28. The number of aliphatic carboxylic acids is 1. The third-order valence-electron chi connectivity index (χ3n) is 4.43. The summed E-state index contributed by atoms with van der Waals surface area (Å²) in [7, 11) is 0. The minimum Gasteiger partial charge on any atom is -0.490 e. The molecular formula is C19H28ClNO3. The molecule has 1 saturated carbocycles. The highest BCUT2D eigenvalue weighted by atomic mass is 35.5. The maximum absolute atomic E-state index is 11.3. The van der Waals surface area contributed by atoms with Gasteiger partial charge in [0.15, 0.2) is 0 Å². The van der Waals surface area contributed by atoms with E-state index in [-0.39, 0.29) is 12.0 Å². The molecule has 24 heavy (non-hydrogen) atoms. The van der Waals surface area contributed by atoms with Crippen molar-refractivity contribution in [3.8, 4) is 5.75 Å². The Bertz CT molecular complexity index is 541. The highest BCUT2D eigenvalue weighted by Gasteiger charge is 2.20. The Hall–Kier alpha value is -1.26. The molecule has 0 bridgehead atoms. The predicted molar refractivity (Wildman–Crippen MR) is 96.6 cm³/mol. The van der Waals surface area contributed by atoms with E-state index in [2.05, 4.69) is 5.32 Å². The Kier molecular flexibility index (Phi) is 7.38. The smallest absolute Gasteiger partial charge is 0.307 e. The number of carboxylic acids is 1. The fraction of sp³-hybridized carbons (Fsp3) is 0.632. The van der Waals surface area contributed by atoms with Gasteiger partial charge in [-0.05, 0) is 56.2 Å². The SMILES string of the molecule is CC(C)CC(CNCc1cc(Cl)ccc1OC1CCCC1)C(=O)O. The number of hydrogen-bond donors (Lipinski definition) is 2. The molecule has 0 aliphatic heterocycles. The molecule has 0 radical (unpaired) electrons. The lowest BCUT2D eigenvalue weighted by molar-refractivity contribution is -0.142. The molecular weight excluding hydrogens is 326 g/mol. The van der Waals surface area contributed by atoms with Crippen LogP contribution in [0.4, 0.5) is 0 Å². The summed E-state index contributed by atoms with van der Waals surface area (Å²) in [5.74, 6) is 0.1000. The summed E-state index contributed by atoms with van der Waals surface area (Å²) in [6.07, 6.45) is 5.61. The molecule has 0 heterocycles. The molecule has 0 amide bonds. The zero-order valence-corrected chi connectivity index (χ0v) is 15.3. The third-order valence-corrected chi connectivity index (χ3v) is 4.66. The van der Waals surface area contributed by atoms with Gasteiger partial charge in [0.1, 0.15) is 5.75 Å². The molecule has 1 aliphatic carbocycles. The first-order valence-electron chi connectivity index (χ1n) is 8.84. The van der Waals surface area contributed by atoms with Gasteiger partial charge in [-0.1, -0.05) is 25.4 Å². The van der Waals surface area contributed by atoms with Crippen LogP contribution in [0.5, 0.6) is 5.75 Å². The fourth-order valence-electron chi connectivity index (χ4n) is 3.21. The first-order chi connectivity index (χ1) is 11.5. The van der Waals surface area contributed by atoms with Crippen LogP contribution in [0.2, 0.25) is 5.02 Å². The van der Waals surface area contributed by atoms with Gasteiger partial charge in [-0.3, -0.25) is 4.79 Å². The third kappa shape index (κ3) is 5.99. The second-order valence-corrected chi connectivity index (χ2v) is 7.51. The maximum atomic E-state index is 11.3. The first-order valence-corrected chi connectivity index (χ1v) is 9.22. The molecule has 1 aromatic carbocycles. The molecule has 0 spiro atoms. The lowest BCUT2D eigenvalue weighted by atomic mass is 9.97. The van der Waals surface area contributed by atoms with E-state index in [1.54, 1.807) is 0 Å². The van der Waals surface area contributed by atoms with E-state index in [9.17, 15) is 9.90 Å². The van der Waals surface area contributed by atoms with Crippen molar-refractivity contribution in [2.24, 2.45) is 11.8 Å². The molecule has 0 aromatic heterocycles. The Morgan fingerprint density at radius 2 is 2.08 bits per heavy atom. The van der Waals surface area contributed by atoms with Crippen LogP contribution in [0.1, 0.15) is 51.5 Å². The van der Waals surface area contributed by atoms with Crippen LogP contribution >= 0.6 is 11.6 Å². The number of rotatable bonds is 9. The van der Waals surface area contributed by atoms with Crippen LogP contribution in [0.15, 0.2) is 18.2 Å². The van der Waals surface area contributed by atoms with Crippen LogP contribution in [-0.4, -0.2) is 23.7 Å². The van der Waals surface area contributed by atoms with Crippen LogP contribution in [0.3, 0.4) is 0 Å². The van der Waals surface area contributed by atoms with Crippen molar-refractivity contribution in [3.05, 3.63) is 28.8 Å². The number of carboxylic acid groups (broad SMARTS) is 1. The van der Waals surface area contributed by atoms with Gasteiger partial charge < -0.3 is 15.2 Å².